The Bertz CT molecular complexity index is 557. The molecule has 1 fully saturated rings. The summed E-state index contributed by atoms with van der Waals surface area (Å²) in [5.74, 6) is -0.315. The maximum atomic E-state index is 12.1. The summed E-state index contributed by atoms with van der Waals surface area (Å²) in [7, 11) is -3.21. The largest absolute Gasteiger partial charge is 0.352 e. The van der Waals surface area contributed by atoms with Crippen LogP contribution in [0.1, 0.15) is 18.4 Å². The van der Waals surface area contributed by atoms with Crippen molar-refractivity contribution in [3.8, 4) is 0 Å². The Balaban J connectivity index is 1.89. The van der Waals surface area contributed by atoms with Crippen molar-refractivity contribution in [2.24, 2.45) is 5.92 Å². The van der Waals surface area contributed by atoms with Gasteiger partial charge in [-0.1, -0.05) is 30.3 Å². The number of nitrogens with one attached hydrogen (secondary N) is 1. The van der Waals surface area contributed by atoms with Gasteiger partial charge >= 0.3 is 0 Å². The van der Waals surface area contributed by atoms with Crippen molar-refractivity contribution >= 4 is 15.9 Å². The molecule has 1 atom stereocenters. The van der Waals surface area contributed by atoms with Crippen LogP contribution in [0.2, 0.25) is 0 Å². The van der Waals surface area contributed by atoms with Crippen LogP contribution in [0.15, 0.2) is 30.3 Å². The van der Waals surface area contributed by atoms with Crippen molar-refractivity contribution in [2.75, 3.05) is 19.3 Å². The van der Waals surface area contributed by atoms with E-state index in [1.807, 2.05) is 30.3 Å². The predicted molar refractivity (Wildman–Crippen MR) is 77.4 cm³/mol. The molecular formula is C14H20N2O3S. The summed E-state index contributed by atoms with van der Waals surface area (Å²) in [5.41, 5.74) is 1.04. The highest BCUT2D eigenvalue weighted by Crippen LogP contribution is 2.18. The Morgan fingerprint density at radius 2 is 2.05 bits per heavy atom. The molecule has 0 radical (unpaired) electrons. The van der Waals surface area contributed by atoms with Crippen LogP contribution in [-0.4, -0.2) is 38.0 Å². The van der Waals surface area contributed by atoms with Gasteiger partial charge in [-0.25, -0.2) is 12.7 Å². The van der Waals surface area contributed by atoms with Crippen molar-refractivity contribution in [1.29, 1.82) is 0 Å². The molecule has 1 aliphatic heterocycles. The number of sulfonamides is 1. The first-order chi connectivity index (χ1) is 9.47. The molecule has 20 heavy (non-hydrogen) atoms. The van der Waals surface area contributed by atoms with E-state index in [9.17, 15) is 13.2 Å². The smallest absolute Gasteiger partial charge is 0.224 e. The lowest BCUT2D eigenvalue weighted by atomic mass is 9.99. The van der Waals surface area contributed by atoms with E-state index in [1.165, 1.54) is 10.6 Å². The normalized spacial score (nSPS) is 20.6. The SMILES string of the molecule is CS(=O)(=O)N1CCC[C@@H](C(=O)NCc2ccccc2)C1. The van der Waals surface area contributed by atoms with E-state index in [1.54, 1.807) is 0 Å². The zero-order valence-corrected chi connectivity index (χ0v) is 12.4. The van der Waals surface area contributed by atoms with Gasteiger partial charge in [0, 0.05) is 19.6 Å². The molecule has 1 saturated heterocycles. The summed E-state index contributed by atoms with van der Waals surface area (Å²) in [4.78, 5) is 12.1. The summed E-state index contributed by atoms with van der Waals surface area (Å²) >= 11 is 0. The van der Waals surface area contributed by atoms with Crippen molar-refractivity contribution in [3.63, 3.8) is 0 Å². The third-order valence-corrected chi connectivity index (χ3v) is 4.80. The highest BCUT2D eigenvalue weighted by atomic mass is 32.2. The van der Waals surface area contributed by atoms with Gasteiger partial charge in [-0.3, -0.25) is 4.79 Å². The Labute approximate surface area is 120 Å². The van der Waals surface area contributed by atoms with Crippen molar-refractivity contribution in [2.45, 2.75) is 19.4 Å². The lowest BCUT2D eigenvalue weighted by molar-refractivity contribution is -0.126. The van der Waals surface area contributed by atoms with Gasteiger partial charge in [0.05, 0.1) is 12.2 Å². The Kier molecular flexibility index (Phi) is 4.77. The number of hydrogen-bond acceptors (Lipinski definition) is 3. The minimum absolute atomic E-state index is 0.0674. The number of hydrogen-bond donors (Lipinski definition) is 1. The Hall–Kier alpha value is -1.40. The van der Waals surface area contributed by atoms with Gasteiger partial charge < -0.3 is 5.32 Å². The fourth-order valence-corrected chi connectivity index (χ4v) is 3.30. The molecule has 0 aliphatic carbocycles. The van der Waals surface area contributed by atoms with Crippen LogP contribution < -0.4 is 5.32 Å². The minimum atomic E-state index is -3.21. The molecule has 5 nitrogen and oxygen atoms in total. The van der Waals surface area contributed by atoms with Crippen LogP contribution in [0.5, 0.6) is 0 Å². The first-order valence-corrected chi connectivity index (χ1v) is 8.58. The maximum absolute atomic E-state index is 12.1. The summed E-state index contributed by atoms with van der Waals surface area (Å²) in [6, 6.07) is 9.67. The van der Waals surface area contributed by atoms with Crippen molar-refractivity contribution in [3.05, 3.63) is 35.9 Å². The molecule has 1 amide bonds. The topological polar surface area (TPSA) is 66.5 Å². The van der Waals surface area contributed by atoms with E-state index in [0.29, 0.717) is 19.6 Å². The number of carbonyl (C=O) groups excluding carboxylic acids is 1. The third kappa shape index (κ3) is 4.05. The molecule has 0 bridgehead atoms. The number of amides is 1. The van der Waals surface area contributed by atoms with E-state index in [2.05, 4.69) is 5.32 Å². The molecule has 1 N–H and O–H groups in total. The summed E-state index contributed by atoms with van der Waals surface area (Å²) in [5, 5.41) is 2.88. The van der Waals surface area contributed by atoms with Crippen LogP contribution >= 0.6 is 0 Å². The van der Waals surface area contributed by atoms with Gasteiger partial charge in [0.25, 0.3) is 0 Å². The van der Waals surface area contributed by atoms with Gasteiger partial charge in [0.1, 0.15) is 0 Å². The number of rotatable bonds is 4. The Morgan fingerprint density at radius 3 is 2.70 bits per heavy atom. The number of carbonyl (C=O) groups is 1. The molecule has 2 rings (SSSR count). The fourth-order valence-electron chi connectivity index (χ4n) is 2.39. The molecule has 1 heterocycles. The Morgan fingerprint density at radius 1 is 1.35 bits per heavy atom. The van der Waals surface area contributed by atoms with Crippen LogP contribution in [0.4, 0.5) is 0 Å². The summed E-state index contributed by atoms with van der Waals surface area (Å²) in [6.45, 7) is 1.29. The maximum Gasteiger partial charge on any atom is 0.224 e. The van der Waals surface area contributed by atoms with Crippen LogP contribution in [-0.2, 0) is 21.4 Å². The highest BCUT2D eigenvalue weighted by Gasteiger charge is 2.29. The van der Waals surface area contributed by atoms with Gasteiger partial charge in [-0.15, -0.1) is 0 Å². The fraction of sp³-hybridized carbons (Fsp3) is 0.500. The van der Waals surface area contributed by atoms with E-state index >= 15 is 0 Å². The standard InChI is InChI=1S/C14H20N2O3S/c1-20(18,19)16-9-5-8-13(11-16)14(17)15-10-12-6-3-2-4-7-12/h2-4,6-7,13H,5,8-11H2,1H3,(H,15,17)/t13-/m1/s1. The average molecular weight is 296 g/mol. The zero-order valence-electron chi connectivity index (χ0n) is 11.6. The second-order valence-electron chi connectivity index (χ2n) is 5.16. The van der Waals surface area contributed by atoms with Crippen molar-refractivity contribution < 1.29 is 13.2 Å². The second-order valence-corrected chi connectivity index (χ2v) is 7.15. The molecule has 110 valence electrons. The molecule has 0 unspecified atom stereocenters. The first-order valence-electron chi connectivity index (χ1n) is 6.73. The number of piperidine rings is 1. The van der Waals surface area contributed by atoms with Gasteiger partial charge in [-0.2, -0.15) is 0 Å². The van der Waals surface area contributed by atoms with E-state index in [0.717, 1.165) is 18.4 Å². The lowest BCUT2D eigenvalue weighted by Gasteiger charge is -2.30. The summed E-state index contributed by atoms with van der Waals surface area (Å²) < 4.78 is 24.4. The quantitative estimate of drug-likeness (QED) is 0.900. The molecule has 1 aromatic rings. The molecule has 1 aromatic carbocycles. The van der Waals surface area contributed by atoms with E-state index in [-0.39, 0.29) is 11.8 Å². The van der Waals surface area contributed by atoms with Gasteiger partial charge in [-0.05, 0) is 18.4 Å². The predicted octanol–water partition coefficient (Wildman–Crippen LogP) is 0.974. The zero-order chi connectivity index (χ0) is 14.6. The van der Waals surface area contributed by atoms with Crippen molar-refractivity contribution in [1.82, 2.24) is 9.62 Å². The van der Waals surface area contributed by atoms with Crippen LogP contribution in [0, 0.1) is 5.92 Å². The molecular weight excluding hydrogens is 276 g/mol. The van der Waals surface area contributed by atoms with E-state index < -0.39 is 10.0 Å². The van der Waals surface area contributed by atoms with Gasteiger partial charge in [0.2, 0.25) is 15.9 Å². The summed E-state index contributed by atoms with van der Waals surface area (Å²) in [6.07, 6.45) is 2.67. The van der Waals surface area contributed by atoms with Crippen LogP contribution in [0.25, 0.3) is 0 Å². The number of benzene rings is 1. The molecule has 0 spiro atoms. The van der Waals surface area contributed by atoms with Crippen LogP contribution in [0.3, 0.4) is 0 Å². The molecule has 0 aromatic heterocycles. The lowest BCUT2D eigenvalue weighted by Crippen LogP contribution is -2.44. The number of nitrogens with zero attached hydrogens (tertiary/aromatic N) is 1. The molecule has 0 saturated carbocycles. The first kappa shape index (κ1) is 15.0. The van der Waals surface area contributed by atoms with Gasteiger partial charge in [0.15, 0.2) is 0 Å². The highest BCUT2D eigenvalue weighted by molar-refractivity contribution is 7.88. The molecule has 6 heteroatoms. The molecule has 1 aliphatic rings. The minimum Gasteiger partial charge on any atom is -0.352 e. The third-order valence-electron chi connectivity index (χ3n) is 3.53. The average Bonchev–Trinajstić information content (AvgIpc) is 2.45. The second kappa shape index (κ2) is 6.37. The monoisotopic (exact) mass is 296 g/mol. The van der Waals surface area contributed by atoms with E-state index in [4.69, 9.17) is 0 Å².